The van der Waals surface area contributed by atoms with Gasteiger partial charge in [-0.1, -0.05) is 6.92 Å². The van der Waals surface area contributed by atoms with E-state index in [2.05, 4.69) is 6.92 Å². The Morgan fingerprint density at radius 2 is 2.38 bits per heavy atom. The fourth-order valence-corrected chi connectivity index (χ4v) is 1.41. The summed E-state index contributed by atoms with van der Waals surface area (Å²) in [6, 6.07) is 0. The molecule has 0 bridgehead atoms. The van der Waals surface area contributed by atoms with Gasteiger partial charge in [-0.2, -0.15) is 0 Å². The second-order valence-corrected chi connectivity index (χ2v) is 3.39. The normalized spacial score (nSPS) is 22.1. The van der Waals surface area contributed by atoms with Crippen LogP contribution in [0.5, 0.6) is 0 Å². The average Bonchev–Trinajstić information content (AvgIpc) is 2.65. The highest BCUT2D eigenvalue weighted by Gasteiger charge is 2.22. The molecule has 13 heavy (non-hydrogen) atoms. The van der Waals surface area contributed by atoms with Gasteiger partial charge in [0.1, 0.15) is 5.78 Å². The molecule has 1 atom stereocenters. The number of ketones is 1. The third-order valence-electron chi connectivity index (χ3n) is 2.23. The number of ether oxygens (including phenoxy) is 2. The standard InChI is InChI=1S/C10H18O3/c1-2-5-12-7-4-10(11)9-3-6-13-8-9/h9H,2-8H2,1H3. The summed E-state index contributed by atoms with van der Waals surface area (Å²) in [6.45, 7) is 4.75. The molecule has 3 nitrogen and oxygen atoms in total. The van der Waals surface area contributed by atoms with E-state index in [9.17, 15) is 4.79 Å². The van der Waals surface area contributed by atoms with Crippen LogP contribution in [0.15, 0.2) is 0 Å². The maximum absolute atomic E-state index is 11.4. The summed E-state index contributed by atoms with van der Waals surface area (Å²) in [5.74, 6) is 0.443. The van der Waals surface area contributed by atoms with Crippen molar-refractivity contribution in [1.29, 1.82) is 0 Å². The molecule has 0 aliphatic carbocycles. The molecule has 76 valence electrons. The summed E-state index contributed by atoms with van der Waals surface area (Å²) in [5, 5.41) is 0. The maximum Gasteiger partial charge on any atom is 0.140 e. The molecule has 0 amide bonds. The number of hydrogen-bond donors (Lipinski definition) is 0. The van der Waals surface area contributed by atoms with Gasteiger partial charge in [0.2, 0.25) is 0 Å². The minimum atomic E-state index is 0.144. The van der Waals surface area contributed by atoms with Gasteiger partial charge in [0.15, 0.2) is 0 Å². The fraction of sp³-hybridized carbons (Fsp3) is 0.900. The number of hydrogen-bond acceptors (Lipinski definition) is 3. The van der Waals surface area contributed by atoms with Crippen LogP contribution in [-0.2, 0) is 14.3 Å². The van der Waals surface area contributed by atoms with Crippen molar-refractivity contribution in [3.8, 4) is 0 Å². The minimum absolute atomic E-state index is 0.144. The molecule has 1 aliphatic rings. The van der Waals surface area contributed by atoms with E-state index in [1.165, 1.54) is 0 Å². The van der Waals surface area contributed by atoms with E-state index >= 15 is 0 Å². The van der Waals surface area contributed by atoms with Crippen molar-refractivity contribution < 1.29 is 14.3 Å². The summed E-state index contributed by atoms with van der Waals surface area (Å²) < 4.78 is 10.4. The predicted octanol–water partition coefficient (Wildman–Crippen LogP) is 1.41. The van der Waals surface area contributed by atoms with Crippen molar-refractivity contribution in [1.82, 2.24) is 0 Å². The SMILES string of the molecule is CCCOCCC(=O)C1CCOC1. The molecule has 0 aromatic rings. The van der Waals surface area contributed by atoms with Crippen molar-refractivity contribution in [3.05, 3.63) is 0 Å². The van der Waals surface area contributed by atoms with E-state index in [1.54, 1.807) is 0 Å². The van der Waals surface area contributed by atoms with Gasteiger partial charge < -0.3 is 9.47 Å². The molecule has 1 heterocycles. The first-order valence-corrected chi connectivity index (χ1v) is 5.02. The van der Waals surface area contributed by atoms with Crippen LogP contribution < -0.4 is 0 Å². The first-order valence-electron chi connectivity index (χ1n) is 5.02. The maximum atomic E-state index is 11.4. The lowest BCUT2D eigenvalue weighted by Gasteiger charge is -2.06. The van der Waals surface area contributed by atoms with Crippen LogP contribution >= 0.6 is 0 Å². The van der Waals surface area contributed by atoms with E-state index < -0.39 is 0 Å². The molecule has 0 N–H and O–H groups in total. The first-order chi connectivity index (χ1) is 6.34. The molecular weight excluding hydrogens is 168 g/mol. The van der Waals surface area contributed by atoms with Crippen molar-refractivity contribution in [2.24, 2.45) is 5.92 Å². The molecule has 1 unspecified atom stereocenters. The van der Waals surface area contributed by atoms with E-state index in [4.69, 9.17) is 9.47 Å². The Morgan fingerprint density at radius 1 is 1.54 bits per heavy atom. The number of Topliss-reactive ketones (excluding diaryl/α,β-unsaturated/α-hetero) is 1. The summed E-state index contributed by atoms with van der Waals surface area (Å²) >= 11 is 0. The third-order valence-corrected chi connectivity index (χ3v) is 2.23. The molecule has 1 fully saturated rings. The highest BCUT2D eigenvalue weighted by molar-refractivity contribution is 5.81. The smallest absolute Gasteiger partial charge is 0.140 e. The Kier molecular flexibility index (Phi) is 5.01. The molecule has 1 aliphatic heterocycles. The van der Waals surface area contributed by atoms with Crippen LogP contribution in [-0.4, -0.2) is 32.2 Å². The Bertz CT molecular complexity index is 150. The van der Waals surface area contributed by atoms with Crippen molar-refractivity contribution >= 4 is 5.78 Å². The van der Waals surface area contributed by atoms with Gasteiger partial charge in [-0.25, -0.2) is 0 Å². The van der Waals surface area contributed by atoms with E-state index in [1.807, 2.05) is 0 Å². The van der Waals surface area contributed by atoms with Crippen LogP contribution in [0.25, 0.3) is 0 Å². The van der Waals surface area contributed by atoms with E-state index in [0.717, 1.165) is 26.1 Å². The molecule has 0 radical (unpaired) electrons. The third kappa shape index (κ3) is 3.87. The van der Waals surface area contributed by atoms with Gasteiger partial charge in [0.05, 0.1) is 13.2 Å². The van der Waals surface area contributed by atoms with Crippen LogP contribution in [0, 0.1) is 5.92 Å². The summed E-state index contributed by atoms with van der Waals surface area (Å²) in [4.78, 5) is 11.4. The molecule has 0 aromatic carbocycles. The van der Waals surface area contributed by atoms with Gasteiger partial charge in [0, 0.05) is 25.6 Å². The van der Waals surface area contributed by atoms with Crippen molar-refractivity contribution in [2.75, 3.05) is 26.4 Å². The van der Waals surface area contributed by atoms with Crippen molar-refractivity contribution in [2.45, 2.75) is 26.2 Å². The van der Waals surface area contributed by atoms with Gasteiger partial charge in [0.25, 0.3) is 0 Å². The first kappa shape index (κ1) is 10.7. The lowest BCUT2D eigenvalue weighted by molar-refractivity contribution is -0.123. The zero-order valence-electron chi connectivity index (χ0n) is 8.25. The van der Waals surface area contributed by atoms with Crippen molar-refractivity contribution in [3.63, 3.8) is 0 Å². The highest BCUT2D eigenvalue weighted by Crippen LogP contribution is 2.14. The van der Waals surface area contributed by atoms with Gasteiger partial charge in [-0.3, -0.25) is 4.79 Å². The second-order valence-electron chi connectivity index (χ2n) is 3.39. The summed E-state index contributed by atoms with van der Waals surface area (Å²) in [7, 11) is 0. The second kappa shape index (κ2) is 6.11. The average molecular weight is 186 g/mol. The fourth-order valence-electron chi connectivity index (χ4n) is 1.41. The predicted molar refractivity (Wildman–Crippen MR) is 49.7 cm³/mol. The number of carbonyl (C=O) groups is 1. The van der Waals surface area contributed by atoms with E-state index in [0.29, 0.717) is 25.4 Å². The molecule has 1 saturated heterocycles. The molecule has 0 spiro atoms. The molecular formula is C10H18O3. The number of carbonyl (C=O) groups excluding carboxylic acids is 1. The molecule has 1 rings (SSSR count). The Morgan fingerprint density at radius 3 is 3.00 bits per heavy atom. The zero-order chi connectivity index (χ0) is 9.52. The summed E-state index contributed by atoms with van der Waals surface area (Å²) in [6.07, 6.45) is 2.46. The highest BCUT2D eigenvalue weighted by atomic mass is 16.5. The van der Waals surface area contributed by atoms with Gasteiger partial charge in [-0.05, 0) is 12.8 Å². The van der Waals surface area contributed by atoms with Crippen LogP contribution in [0.1, 0.15) is 26.2 Å². The van der Waals surface area contributed by atoms with Crippen LogP contribution in [0.3, 0.4) is 0 Å². The van der Waals surface area contributed by atoms with Crippen LogP contribution in [0.4, 0.5) is 0 Å². The Hall–Kier alpha value is -0.410. The molecule has 3 heteroatoms. The topological polar surface area (TPSA) is 35.5 Å². The largest absolute Gasteiger partial charge is 0.381 e. The molecule has 0 aromatic heterocycles. The van der Waals surface area contributed by atoms with E-state index in [-0.39, 0.29) is 5.92 Å². The lowest BCUT2D eigenvalue weighted by atomic mass is 10.0. The van der Waals surface area contributed by atoms with Gasteiger partial charge >= 0.3 is 0 Å². The Balaban J connectivity index is 2.03. The summed E-state index contributed by atoms with van der Waals surface area (Å²) in [5.41, 5.74) is 0. The minimum Gasteiger partial charge on any atom is -0.381 e. The quantitative estimate of drug-likeness (QED) is 0.588. The Labute approximate surface area is 79.4 Å². The van der Waals surface area contributed by atoms with Crippen LogP contribution in [0.2, 0.25) is 0 Å². The monoisotopic (exact) mass is 186 g/mol. The lowest BCUT2D eigenvalue weighted by Crippen LogP contribution is -2.16. The number of rotatable bonds is 6. The zero-order valence-corrected chi connectivity index (χ0v) is 8.25. The van der Waals surface area contributed by atoms with Gasteiger partial charge in [-0.15, -0.1) is 0 Å². The molecule has 0 saturated carbocycles.